The first-order valence-corrected chi connectivity index (χ1v) is 14.0. The summed E-state index contributed by atoms with van der Waals surface area (Å²) in [6, 6.07) is 43.3. The third-order valence-electron chi connectivity index (χ3n) is 8.12. The predicted octanol–water partition coefficient (Wildman–Crippen LogP) is 8.96. The van der Waals surface area contributed by atoms with Gasteiger partial charge < -0.3 is 4.57 Å². The number of rotatable bonds is 3. The molecular formula is C38H21N5. The van der Waals surface area contributed by atoms with Crippen LogP contribution in [0, 0.1) is 22.7 Å². The van der Waals surface area contributed by atoms with E-state index in [9.17, 15) is 10.5 Å². The Morgan fingerprint density at radius 3 is 1.40 bits per heavy atom. The summed E-state index contributed by atoms with van der Waals surface area (Å²) >= 11 is 0. The predicted molar refractivity (Wildman–Crippen MR) is 172 cm³/mol. The molecule has 8 rings (SSSR count). The maximum atomic E-state index is 9.63. The molecule has 0 aliphatic carbocycles. The first kappa shape index (κ1) is 24.5. The van der Waals surface area contributed by atoms with E-state index in [4.69, 9.17) is 9.97 Å². The van der Waals surface area contributed by atoms with Crippen molar-refractivity contribution < 1.29 is 0 Å². The summed E-state index contributed by atoms with van der Waals surface area (Å²) in [5.41, 5.74) is 7.69. The lowest BCUT2D eigenvalue weighted by Gasteiger charge is -2.12. The molecule has 0 aliphatic rings. The van der Waals surface area contributed by atoms with Gasteiger partial charge in [-0.25, -0.2) is 0 Å². The van der Waals surface area contributed by atoms with Crippen LogP contribution in [0.4, 0.5) is 0 Å². The highest BCUT2D eigenvalue weighted by Gasteiger charge is 2.22. The second-order valence-corrected chi connectivity index (χ2v) is 10.5. The smallest absolute Gasteiger partial charge is 0.0992 e. The molecule has 8 aromatic rings. The highest BCUT2D eigenvalue weighted by Crippen LogP contribution is 2.45. The van der Waals surface area contributed by atoms with Crippen LogP contribution in [-0.4, -0.2) is 14.5 Å². The first-order valence-electron chi connectivity index (χ1n) is 14.0. The first-order chi connectivity index (χ1) is 21.2. The summed E-state index contributed by atoms with van der Waals surface area (Å²) in [4.78, 5) is 9.39. The molecule has 0 aliphatic heterocycles. The minimum absolute atomic E-state index is 0.570. The van der Waals surface area contributed by atoms with E-state index in [0.717, 1.165) is 71.6 Å². The molecule has 43 heavy (non-hydrogen) atoms. The Morgan fingerprint density at radius 2 is 0.930 bits per heavy atom. The lowest BCUT2D eigenvalue weighted by molar-refractivity contribution is 1.18. The average Bonchev–Trinajstić information content (AvgIpc) is 3.42. The van der Waals surface area contributed by atoms with Crippen molar-refractivity contribution in [1.82, 2.24) is 14.5 Å². The van der Waals surface area contributed by atoms with Crippen LogP contribution in [0.15, 0.2) is 128 Å². The van der Waals surface area contributed by atoms with Crippen LogP contribution in [0.25, 0.3) is 71.6 Å². The molecule has 0 bridgehead atoms. The fourth-order valence-corrected chi connectivity index (χ4v) is 6.30. The topological polar surface area (TPSA) is 78.3 Å². The van der Waals surface area contributed by atoms with Gasteiger partial charge in [0.15, 0.2) is 0 Å². The third kappa shape index (κ3) is 3.77. The Hall–Kier alpha value is -6.30. The zero-order valence-corrected chi connectivity index (χ0v) is 22.9. The van der Waals surface area contributed by atoms with Gasteiger partial charge in [-0.15, -0.1) is 0 Å². The van der Waals surface area contributed by atoms with E-state index in [1.165, 1.54) is 0 Å². The summed E-state index contributed by atoms with van der Waals surface area (Å²) in [6.45, 7) is 0. The molecule has 0 radical (unpaired) electrons. The van der Waals surface area contributed by atoms with Gasteiger partial charge >= 0.3 is 0 Å². The zero-order valence-electron chi connectivity index (χ0n) is 22.9. The van der Waals surface area contributed by atoms with Gasteiger partial charge in [-0.3, -0.25) is 9.97 Å². The molecule has 0 saturated heterocycles. The van der Waals surface area contributed by atoms with Crippen LogP contribution in [0.2, 0.25) is 0 Å². The standard InChI is InChI=1S/C38H21N5/c39-22-24-14-16-41-33(18-24)31-20-35-37(29-12-6-4-10-27(29)31)38-30-13-7-5-11-28(30)32(34-19-25(23-40)15-17-42-34)21-36(38)43(35)26-8-2-1-3-9-26/h1-21H. The van der Waals surface area contributed by atoms with Crippen LogP contribution in [0.1, 0.15) is 11.1 Å². The largest absolute Gasteiger partial charge is 0.309 e. The molecule has 198 valence electrons. The van der Waals surface area contributed by atoms with Crippen LogP contribution < -0.4 is 0 Å². The average molecular weight is 548 g/mol. The number of benzene rings is 5. The van der Waals surface area contributed by atoms with Crippen molar-refractivity contribution in [2.45, 2.75) is 0 Å². The van der Waals surface area contributed by atoms with E-state index in [2.05, 4.69) is 77.4 Å². The molecule has 0 spiro atoms. The molecule has 3 aromatic heterocycles. The van der Waals surface area contributed by atoms with Gasteiger partial charge in [0.05, 0.1) is 45.7 Å². The molecule has 0 amide bonds. The Labute approximate surface area is 247 Å². The van der Waals surface area contributed by atoms with E-state index in [-0.39, 0.29) is 0 Å². The minimum atomic E-state index is 0.570. The monoisotopic (exact) mass is 547 g/mol. The number of nitriles is 2. The molecule has 0 atom stereocenters. The van der Waals surface area contributed by atoms with Crippen LogP contribution >= 0.6 is 0 Å². The van der Waals surface area contributed by atoms with E-state index >= 15 is 0 Å². The van der Waals surface area contributed by atoms with Crippen molar-refractivity contribution in [3.63, 3.8) is 0 Å². The van der Waals surface area contributed by atoms with Crippen LogP contribution in [0.5, 0.6) is 0 Å². The number of hydrogen-bond acceptors (Lipinski definition) is 4. The van der Waals surface area contributed by atoms with Crippen molar-refractivity contribution >= 4 is 43.4 Å². The molecule has 0 unspecified atom stereocenters. The Balaban J connectivity index is 1.61. The quantitative estimate of drug-likeness (QED) is 0.221. The van der Waals surface area contributed by atoms with E-state index in [1.54, 1.807) is 24.5 Å². The van der Waals surface area contributed by atoms with Gasteiger partial charge in [-0.2, -0.15) is 10.5 Å². The number of aromatic nitrogens is 3. The van der Waals surface area contributed by atoms with Crippen molar-refractivity contribution in [2.75, 3.05) is 0 Å². The maximum absolute atomic E-state index is 9.63. The second-order valence-electron chi connectivity index (χ2n) is 10.5. The molecule has 5 heteroatoms. The van der Waals surface area contributed by atoms with Gasteiger partial charge in [0.2, 0.25) is 0 Å². The van der Waals surface area contributed by atoms with Gasteiger partial charge in [0, 0.05) is 40.0 Å². The number of para-hydroxylation sites is 1. The lowest BCUT2D eigenvalue weighted by atomic mass is 9.93. The van der Waals surface area contributed by atoms with Crippen LogP contribution in [-0.2, 0) is 0 Å². The number of pyridine rings is 2. The summed E-state index contributed by atoms with van der Waals surface area (Å²) < 4.78 is 2.30. The molecule has 3 heterocycles. The summed E-state index contributed by atoms with van der Waals surface area (Å²) in [5, 5.41) is 25.9. The highest BCUT2D eigenvalue weighted by molar-refractivity contribution is 6.31. The second kappa shape index (κ2) is 9.66. The SMILES string of the molecule is N#Cc1ccnc(-c2cc3c(c4ccccc24)c2c4ccccc4c(-c4cc(C#N)ccn4)cc2n3-c2ccccc2)c1. The number of hydrogen-bond donors (Lipinski definition) is 0. The Bertz CT molecular complexity index is 2320. The number of nitrogens with zero attached hydrogens (tertiary/aromatic N) is 5. The van der Waals surface area contributed by atoms with Gasteiger partial charge in [-0.05, 0) is 70.1 Å². The van der Waals surface area contributed by atoms with Gasteiger partial charge in [0.1, 0.15) is 0 Å². The molecule has 0 fully saturated rings. The minimum Gasteiger partial charge on any atom is -0.309 e. The number of fused-ring (bicyclic) bond motifs is 7. The summed E-state index contributed by atoms with van der Waals surface area (Å²) in [6.07, 6.45) is 3.39. The van der Waals surface area contributed by atoms with E-state index in [0.29, 0.717) is 11.1 Å². The van der Waals surface area contributed by atoms with Crippen molar-refractivity contribution in [3.05, 3.63) is 139 Å². The third-order valence-corrected chi connectivity index (χ3v) is 8.12. The van der Waals surface area contributed by atoms with Gasteiger partial charge in [-0.1, -0.05) is 66.7 Å². The van der Waals surface area contributed by atoms with Crippen molar-refractivity contribution in [3.8, 4) is 40.3 Å². The molecular weight excluding hydrogens is 526 g/mol. The Kier molecular flexibility index (Phi) is 5.50. The molecule has 0 saturated carbocycles. The van der Waals surface area contributed by atoms with Crippen molar-refractivity contribution in [1.29, 1.82) is 10.5 Å². The van der Waals surface area contributed by atoms with Gasteiger partial charge in [0.25, 0.3) is 0 Å². The molecule has 5 nitrogen and oxygen atoms in total. The summed E-state index contributed by atoms with van der Waals surface area (Å²) in [5.74, 6) is 0. The fourth-order valence-electron chi connectivity index (χ4n) is 6.30. The van der Waals surface area contributed by atoms with E-state index in [1.807, 2.05) is 42.5 Å². The lowest BCUT2D eigenvalue weighted by Crippen LogP contribution is -1.95. The highest BCUT2D eigenvalue weighted by atomic mass is 15.0. The van der Waals surface area contributed by atoms with E-state index < -0.39 is 0 Å². The molecule has 5 aromatic carbocycles. The normalized spacial score (nSPS) is 11.2. The Morgan fingerprint density at radius 1 is 0.488 bits per heavy atom. The maximum Gasteiger partial charge on any atom is 0.0992 e. The summed E-state index contributed by atoms with van der Waals surface area (Å²) in [7, 11) is 0. The van der Waals surface area contributed by atoms with Crippen LogP contribution in [0.3, 0.4) is 0 Å². The van der Waals surface area contributed by atoms with Crippen molar-refractivity contribution in [2.24, 2.45) is 0 Å². The fraction of sp³-hybridized carbons (Fsp3) is 0. The molecule has 0 N–H and O–H groups in total. The zero-order chi connectivity index (χ0) is 28.9.